The van der Waals surface area contributed by atoms with Crippen LogP contribution in [-0.4, -0.2) is 18.2 Å². The van der Waals surface area contributed by atoms with E-state index >= 15 is 0 Å². The summed E-state index contributed by atoms with van der Waals surface area (Å²) in [5.41, 5.74) is 0. The van der Waals surface area contributed by atoms with Gasteiger partial charge in [0.05, 0.1) is 0 Å². The summed E-state index contributed by atoms with van der Waals surface area (Å²) in [5.74, 6) is 1.02. The lowest BCUT2D eigenvalue weighted by Crippen LogP contribution is -2.25. The van der Waals surface area contributed by atoms with Gasteiger partial charge in [-0.2, -0.15) is 12.6 Å². The molecule has 0 fully saturated rings. The predicted octanol–water partition coefficient (Wildman–Crippen LogP) is 2.51. The standard InChI is InChI=1S/C11H17NOS2/c13-11(5-1-2-8-14)12-7-6-10-4-3-9-15-10/h3-4,9,14H,1-2,5-8H2,(H,12,13). The summed E-state index contributed by atoms with van der Waals surface area (Å²) in [7, 11) is 0. The molecule has 1 amide bonds. The van der Waals surface area contributed by atoms with Gasteiger partial charge in [-0.15, -0.1) is 11.3 Å². The van der Waals surface area contributed by atoms with E-state index in [0.29, 0.717) is 6.42 Å². The Labute approximate surface area is 100 Å². The molecule has 0 radical (unpaired) electrons. The predicted molar refractivity (Wildman–Crippen MR) is 68.7 cm³/mol. The molecule has 0 aliphatic heterocycles. The van der Waals surface area contributed by atoms with Crippen molar-refractivity contribution in [2.75, 3.05) is 12.3 Å². The fourth-order valence-electron chi connectivity index (χ4n) is 1.27. The third-order valence-electron chi connectivity index (χ3n) is 2.09. The van der Waals surface area contributed by atoms with Gasteiger partial charge in [0.1, 0.15) is 0 Å². The van der Waals surface area contributed by atoms with E-state index in [-0.39, 0.29) is 5.91 Å². The molecule has 1 N–H and O–H groups in total. The normalized spacial score (nSPS) is 10.2. The van der Waals surface area contributed by atoms with E-state index in [1.807, 2.05) is 6.07 Å². The summed E-state index contributed by atoms with van der Waals surface area (Å²) >= 11 is 5.84. The van der Waals surface area contributed by atoms with Crippen LogP contribution in [0.5, 0.6) is 0 Å². The molecule has 0 atom stereocenters. The fourth-order valence-corrected chi connectivity index (χ4v) is 2.20. The largest absolute Gasteiger partial charge is 0.356 e. The number of rotatable bonds is 7. The first-order valence-corrected chi connectivity index (χ1v) is 6.74. The SMILES string of the molecule is O=C(CCCCS)NCCc1cccs1. The molecule has 1 aromatic heterocycles. The van der Waals surface area contributed by atoms with Gasteiger partial charge in [0.2, 0.25) is 5.91 Å². The topological polar surface area (TPSA) is 29.1 Å². The van der Waals surface area contributed by atoms with Crippen molar-refractivity contribution in [1.29, 1.82) is 0 Å². The number of nitrogens with one attached hydrogen (secondary N) is 1. The number of unbranched alkanes of at least 4 members (excludes halogenated alkanes) is 1. The Morgan fingerprint density at radius 1 is 1.47 bits per heavy atom. The second-order valence-corrected chi connectivity index (χ2v) is 4.84. The Hall–Kier alpha value is -0.480. The highest BCUT2D eigenvalue weighted by Crippen LogP contribution is 2.08. The van der Waals surface area contributed by atoms with Gasteiger partial charge in [-0.3, -0.25) is 4.79 Å². The molecule has 1 rings (SSSR count). The summed E-state index contributed by atoms with van der Waals surface area (Å²) in [6.07, 6.45) is 3.52. The van der Waals surface area contributed by atoms with Gasteiger partial charge in [-0.25, -0.2) is 0 Å². The zero-order valence-electron chi connectivity index (χ0n) is 8.74. The number of carbonyl (C=O) groups excluding carboxylic acids is 1. The zero-order chi connectivity index (χ0) is 10.9. The van der Waals surface area contributed by atoms with E-state index in [2.05, 4.69) is 29.4 Å². The lowest BCUT2D eigenvalue weighted by Gasteiger charge is -2.03. The van der Waals surface area contributed by atoms with Crippen LogP contribution in [0.2, 0.25) is 0 Å². The van der Waals surface area contributed by atoms with Crippen LogP contribution in [0, 0.1) is 0 Å². The number of amides is 1. The minimum Gasteiger partial charge on any atom is -0.356 e. The Bertz CT molecular complexity index is 272. The van der Waals surface area contributed by atoms with Gasteiger partial charge in [0, 0.05) is 17.8 Å². The summed E-state index contributed by atoms with van der Waals surface area (Å²) in [4.78, 5) is 12.6. The van der Waals surface area contributed by atoms with Crippen molar-refractivity contribution in [1.82, 2.24) is 5.32 Å². The number of carbonyl (C=O) groups is 1. The summed E-state index contributed by atoms with van der Waals surface area (Å²) in [6, 6.07) is 4.13. The zero-order valence-corrected chi connectivity index (χ0v) is 10.4. The lowest BCUT2D eigenvalue weighted by molar-refractivity contribution is -0.121. The lowest BCUT2D eigenvalue weighted by atomic mass is 10.2. The van der Waals surface area contributed by atoms with Crippen molar-refractivity contribution in [3.63, 3.8) is 0 Å². The number of hydrogen-bond acceptors (Lipinski definition) is 3. The molecule has 0 saturated carbocycles. The Morgan fingerprint density at radius 2 is 2.33 bits per heavy atom. The highest BCUT2D eigenvalue weighted by atomic mass is 32.1. The smallest absolute Gasteiger partial charge is 0.220 e. The van der Waals surface area contributed by atoms with E-state index in [1.54, 1.807) is 11.3 Å². The molecular weight excluding hydrogens is 226 g/mol. The van der Waals surface area contributed by atoms with E-state index in [9.17, 15) is 4.79 Å². The minimum absolute atomic E-state index is 0.160. The number of hydrogen-bond donors (Lipinski definition) is 2. The van der Waals surface area contributed by atoms with Crippen molar-refractivity contribution in [2.24, 2.45) is 0 Å². The average Bonchev–Trinajstić information content (AvgIpc) is 2.71. The quantitative estimate of drug-likeness (QED) is 0.559. The maximum atomic E-state index is 11.3. The van der Waals surface area contributed by atoms with Crippen LogP contribution in [0.4, 0.5) is 0 Å². The van der Waals surface area contributed by atoms with Crippen LogP contribution in [-0.2, 0) is 11.2 Å². The van der Waals surface area contributed by atoms with Crippen LogP contribution >= 0.6 is 24.0 Å². The highest BCUT2D eigenvalue weighted by molar-refractivity contribution is 7.80. The maximum absolute atomic E-state index is 11.3. The summed E-state index contributed by atoms with van der Waals surface area (Å²) < 4.78 is 0. The first kappa shape index (κ1) is 12.6. The van der Waals surface area contributed by atoms with E-state index < -0.39 is 0 Å². The van der Waals surface area contributed by atoms with Gasteiger partial charge in [0.15, 0.2) is 0 Å². The van der Waals surface area contributed by atoms with Crippen molar-refractivity contribution >= 4 is 29.9 Å². The Balaban J connectivity index is 2.02. The molecule has 0 bridgehead atoms. The number of thiol groups is 1. The number of thiophene rings is 1. The molecule has 4 heteroatoms. The second kappa shape index (κ2) is 7.77. The second-order valence-electron chi connectivity index (χ2n) is 3.36. The summed E-state index contributed by atoms with van der Waals surface area (Å²) in [5, 5.41) is 4.98. The van der Waals surface area contributed by atoms with Crippen molar-refractivity contribution < 1.29 is 4.79 Å². The van der Waals surface area contributed by atoms with Gasteiger partial charge >= 0.3 is 0 Å². The van der Waals surface area contributed by atoms with Crippen LogP contribution in [0.3, 0.4) is 0 Å². The monoisotopic (exact) mass is 243 g/mol. The molecule has 1 aromatic rings. The first-order chi connectivity index (χ1) is 7.33. The Morgan fingerprint density at radius 3 is 3.00 bits per heavy atom. The highest BCUT2D eigenvalue weighted by Gasteiger charge is 2.00. The van der Waals surface area contributed by atoms with E-state index in [1.165, 1.54) is 4.88 Å². The molecule has 0 aliphatic carbocycles. The van der Waals surface area contributed by atoms with Crippen molar-refractivity contribution in [2.45, 2.75) is 25.7 Å². The van der Waals surface area contributed by atoms with Gasteiger partial charge < -0.3 is 5.32 Å². The van der Waals surface area contributed by atoms with Crippen LogP contribution in [0.25, 0.3) is 0 Å². The van der Waals surface area contributed by atoms with Crippen LogP contribution in [0.1, 0.15) is 24.1 Å². The molecule has 0 saturated heterocycles. The molecule has 84 valence electrons. The van der Waals surface area contributed by atoms with E-state index in [0.717, 1.165) is 31.6 Å². The third-order valence-corrected chi connectivity index (χ3v) is 3.34. The van der Waals surface area contributed by atoms with Gasteiger partial charge in [-0.05, 0) is 36.5 Å². The van der Waals surface area contributed by atoms with Crippen molar-refractivity contribution in [3.05, 3.63) is 22.4 Å². The first-order valence-electron chi connectivity index (χ1n) is 5.23. The third kappa shape index (κ3) is 5.85. The molecule has 2 nitrogen and oxygen atoms in total. The fraction of sp³-hybridized carbons (Fsp3) is 0.545. The molecule has 15 heavy (non-hydrogen) atoms. The van der Waals surface area contributed by atoms with E-state index in [4.69, 9.17) is 0 Å². The molecule has 0 unspecified atom stereocenters. The van der Waals surface area contributed by atoms with Crippen LogP contribution < -0.4 is 5.32 Å². The molecular formula is C11H17NOS2. The summed E-state index contributed by atoms with van der Waals surface area (Å²) in [6.45, 7) is 0.750. The molecule has 0 spiro atoms. The minimum atomic E-state index is 0.160. The Kier molecular flexibility index (Phi) is 6.52. The maximum Gasteiger partial charge on any atom is 0.220 e. The average molecular weight is 243 g/mol. The van der Waals surface area contributed by atoms with Gasteiger partial charge in [0.25, 0.3) is 0 Å². The van der Waals surface area contributed by atoms with Gasteiger partial charge in [-0.1, -0.05) is 6.07 Å². The molecule has 0 aromatic carbocycles. The molecule has 1 heterocycles. The molecule has 0 aliphatic rings. The van der Waals surface area contributed by atoms with Crippen molar-refractivity contribution in [3.8, 4) is 0 Å². The van der Waals surface area contributed by atoms with Crippen LogP contribution in [0.15, 0.2) is 17.5 Å².